The number of amides is 2. The molecule has 2 aliphatic carbocycles. The fourth-order valence-corrected chi connectivity index (χ4v) is 4.95. The van der Waals surface area contributed by atoms with Crippen molar-refractivity contribution in [2.75, 3.05) is 4.90 Å². The first-order chi connectivity index (χ1) is 13.2. The fourth-order valence-electron chi connectivity index (χ4n) is 2.82. The quantitative estimate of drug-likeness (QED) is 0.540. The molecule has 2 fully saturated rings. The summed E-state index contributed by atoms with van der Waals surface area (Å²) in [6.07, 6.45) is 4.59. The van der Waals surface area contributed by atoms with E-state index < -0.39 is 0 Å². The number of carbonyl (C=O) groups excluding carboxylic acids is 2. The van der Waals surface area contributed by atoms with E-state index in [1.54, 1.807) is 4.90 Å². The number of carbonyl (C=O) groups is 2. The van der Waals surface area contributed by atoms with Gasteiger partial charge in [0.1, 0.15) is 5.25 Å². The van der Waals surface area contributed by atoms with Crippen LogP contribution in [0.4, 0.5) is 5.13 Å². The molecule has 1 atom stereocenters. The Hall–Kier alpha value is -1.93. The van der Waals surface area contributed by atoms with E-state index in [1.165, 1.54) is 23.1 Å². The first-order valence-corrected chi connectivity index (χ1v) is 11.0. The lowest BCUT2D eigenvalue weighted by molar-refractivity contribution is -0.121. The summed E-state index contributed by atoms with van der Waals surface area (Å²) in [4.78, 5) is 26.8. The van der Waals surface area contributed by atoms with Crippen LogP contribution in [0.3, 0.4) is 0 Å². The van der Waals surface area contributed by atoms with Crippen molar-refractivity contribution in [1.29, 1.82) is 0 Å². The molecule has 0 saturated heterocycles. The van der Waals surface area contributed by atoms with Crippen LogP contribution in [0.5, 0.6) is 0 Å². The Kier molecular flexibility index (Phi) is 5.45. The third-order valence-corrected chi connectivity index (χ3v) is 6.83. The summed E-state index contributed by atoms with van der Waals surface area (Å²) < 4.78 is 0.708. The van der Waals surface area contributed by atoms with Crippen LogP contribution in [0, 0.1) is 0 Å². The van der Waals surface area contributed by atoms with Gasteiger partial charge in [-0.05, 0) is 31.2 Å². The molecule has 2 aliphatic rings. The van der Waals surface area contributed by atoms with Gasteiger partial charge in [0.25, 0.3) is 0 Å². The first kappa shape index (κ1) is 18.4. The average molecular weight is 403 g/mol. The minimum absolute atomic E-state index is 0.00846. The molecule has 0 unspecified atom stereocenters. The zero-order chi connectivity index (χ0) is 18.8. The lowest BCUT2D eigenvalue weighted by Crippen LogP contribution is -2.32. The Morgan fingerprint density at radius 2 is 1.96 bits per heavy atom. The molecular weight excluding hydrogens is 380 g/mol. The number of nitrogens with zero attached hydrogens (tertiary/aromatic N) is 3. The highest BCUT2D eigenvalue weighted by Crippen LogP contribution is 2.41. The highest BCUT2D eigenvalue weighted by molar-refractivity contribution is 8.01. The second-order valence-electron chi connectivity index (χ2n) is 6.89. The van der Waals surface area contributed by atoms with Gasteiger partial charge in [0, 0.05) is 18.5 Å². The molecular formula is C19H22N4O2S2. The molecule has 0 aliphatic heterocycles. The maximum absolute atomic E-state index is 12.8. The van der Waals surface area contributed by atoms with Gasteiger partial charge in [0.15, 0.2) is 4.34 Å². The number of hydrogen-bond donors (Lipinski definition) is 1. The SMILES string of the molecule is CCC(=O)N(c1nnc(S[C@@H](C(=O)NC2CC2)c2ccccc2)s1)C1CC1. The van der Waals surface area contributed by atoms with Crippen LogP contribution < -0.4 is 10.2 Å². The molecule has 0 spiro atoms. The topological polar surface area (TPSA) is 75.2 Å². The van der Waals surface area contributed by atoms with Crippen LogP contribution in [-0.2, 0) is 9.59 Å². The molecule has 1 N–H and O–H groups in total. The maximum Gasteiger partial charge on any atom is 0.238 e. The Morgan fingerprint density at radius 3 is 2.59 bits per heavy atom. The molecule has 2 aromatic rings. The molecule has 1 aromatic heterocycles. The maximum atomic E-state index is 12.8. The zero-order valence-corrected chi connectivity index (χ0v) is 16.8. The van der Waals surface area contributed by atoms with E-state index in [9.17, 15) is 9.59 Å². The summed E-state index contributed by atoms with van der Waals surface area (Å²) in [5.41, 5.74) is 0.945. The molecule has 0 radical (unpaired) electrons. The van der Waals surface area contributed by atoms with Gasteiger partial charge < -0.3 is 5.32 Å². The highest BCUT2D eigenvalue weighted by Gasteiger charge is 2.36. The molecule has 2 amide bonds. The number of anilines is 1. The second kappa shape index (κ2) is 7.98. The molecule has 0 bridgehead atoms. The van der Waals surface area contributed by atoms with Gasteiger partial charge in [-0.1, -0.05) is 60.4 Å². The minimum Gasteiger partial charge on any atom is -0.352 e. The summed E-state index contributed by atoms with van der Waals surface area (Å²) in [6.45, 7) is 1.86. The Morgan fingerprint density at radius 1 is 1.22 bits per heavy atom. The summed E-state index contributed by atoms with van der Waals surface area (Å²) in [7, 11) is 0. The van der Waals surface area contributed by atoms with Gasteiger partial charge in [-0.25, -0.2) is 0 Å². The standard InChI is InChI=1S/C19H22N4O2S2/c1-2-15(24)23(14-10-11-14)18-21-22-19(27-18)26-16(12-6-4-3-5-7-12)17(25)20-13-8-9-13/h3-7,13-14,16H,2,8-11H2,1H3,(H,20,25)/t16-/m1/s1. The van der Waals surface area contributed by atoms with Crippen molar-refractivity contribution >= 4 is 40.0 Å². The van der Waals surface area contributed by atoms with Gasteiger partial charge >= 0.3 is 0 Å². The van der Waals surface area contributed by atoms with Gasteiger partial charge in [0.05, 0.1) is 0 Å². The average Bonchev–Trinajstić information content (AvgIpc) is 3.61. The number of nitrogens with one attached hydrogen (secondary N) is 1. The summed E-state index contributed by atoms with van der Waals surface area (Å²) in [6, 6.07) is 10.3. The molecule has 8 heteroatoms. The molecule has 27 heavy (non-hydrogen) atoms. The van der Waals surface area contributed by atoms with Gasteiger partial charge in [-0.15, -0.1) is 10.2 Å². The summed E-state index contributed by atoms with van der Waals surface area (Å²) >= 11 is 2.80. The van der Waals surface area contributed by atoms with Crippen LogP contribution >= 0.6 is 23.1 Å². The minimum atomic E-state index is -0.371. The van der Waals surface area contributed by atoms with Gasteiger partial charge in [-0.2, -0.15) is 0 Å². The third kappa shape index (κ3) is 4.50. The molecule has 1 aromatic carbocycles. The number of rotatable bonds is 8. The van der Waals surface area contributed by atoms with E-state index in [1.807, 2.05) is 37.3 Å². The van der Waals surface area contributed by atoms with Gasteiger partial charge in [-0.3, -0.25) is 14.5 Å². The van der Waals surface area contributed by atoms with Crippen LogP contribution in [0.25, 0.3) is 0 Å². The predicted molar refractivity (Wildman–Crippen MR) is 107 cm³/mol. The lowest BCUT2D eigenvalue weighted by atomic mass is 10.1. The van der Waals surface area contributed by atoms with E-state index in [0.717, 1.165) is 31.2 Å². The Bertz CT molecular complexity index is 818. The largest absolute Gasteiger partial charge is 0.352 e. The van der Waals surface area contributed by atoms with Crippen molar-refractivity contribution in [3.8, 4) is 0 Å². The Labute approximate surface area is 166 Å². The van der Waals surface area contributed by atoms with Crippen molar-refractivity contribution in [2.24, 2.45) is 0 Å². The molecule has 1 heterocycles. The molecule has 142 valence electrons. The number of hydrogen-bond acceptors (Lipinski definition) is 6. The predicted octanol–water partition coefficient (Wildman–Crippen LogP) is 3.56. The van der Waals surface area contributed by atoms with Crippen molar-refractivity contribution in [3.05, 3.63) is 35.9 Å². The van der Waals surface area contributed by atoms with E-state index in [0.29, 0.717) is 21.9 Å². The van der Waals surface area contributed by atoms with Crippen LogP contribution in [0.2, 0.25) is 0 Å². The second-order valence-corrected chi connectivity index (χ2v) is 9.20. The van der Waals surface area contributed by atoms with Crippen LogP contribution in [0.1, 0.15) is 49.8 Å². The molecule has 2 saturated carbocycles. The number of aromatic nitrogens is 2. The molecule has 6 nitrogen and oxygen atoms in total. The fraction of sp³-hybridized carbons (Fsp3) is 0.474. The first-order valence-electron chi connectivity index (χ1n) is 9.33. The van der Waals surface area contributed by atoms with E-state index >= 15 is 0 Å². The van der Waals surface area contributed by atoms with Crippen molar-refractivity contribution in [1.82, 2.24) is 15.5 Å². The van der Waals surface area contributed by atoms with Crippen molar-refractivity contribution < 1.29 is 9.59 Å². The zero-order valence-electron chi connectivity index (χ0n) is 15.1. The van der Waals surface area contributed by atoms with Crippen LogP contribution in [0.15, 0.2) is 34.7 Å². The highest BCUT2D eigenvalue weighted by atomic mass is 32.2. The number of benzene rings is 1. The van der Waals surface area contributed by atoms with Crippen LogP contribution in [-0.4, -0.2) is 34.1 Å². The normalized spacial score (nSPS) is 17.4. The molecule has 4 rings (SSSR count). The van der Waals surface area contributed by atoms with Crippen molar-refractivity contribution in [3.63, 3.8) is 0 Å². The van der Waals surface area contributed by atoms with E-state index in [2.05, 4.69) is 15.5 Å². The lowest BCUT2D eigenvalue weighted by Gasteiger charge is -2.17. The summed E-state index contributed by atoms with van der Waals surface area (Å²) in [5.74, 6) is 0.0884. The number of thioether (sulfide) groups is 1. The Balaban J connectivity index is 1.53. The van der Waals surface area contributed by atoms with E-state index in [4.69, 9.17) is 0 Å². The summed E-state index contributed by atoms with van der Waals surface area (Å²) in [5, 5.41) is 11.9. The third-order valence-electron chi connectivity index (χ3n) is 4.57. The van der Waals surface area contributed by atoms with Gasteiger partial charge in [0.2, 0.25) is 16.9 Å². The van der Waals surface area contributed by atoms with E-state index in [-0.39, 0.29) is 23.1 Å². The monoisotopic (exact) mass is 402 g/mol. The smallest absolute Gasteiger partial charge is 0.238 e. The van der Waals surface area contributed by atoms with Crippen molar-refractivity contribution in [2.45, 2.75) is 60.7 Å².